The number of likely N-dealkylation sites (tertiary alicyclic amines) is 1. The summed E-state index contributed by atoms with van der Waals surface area (Å²) in [4.78, 5) is 25.4. The van der Waals surface area contributed by atoms with E-state index in [9.17, 15) is 9.59 Å². The van der Waals surface area contributed by atoms with E-state index in [4.69, 9.17) is 14.9 Å². The first-order valence-corrected chi connectivity index (χ1v) is 7.37. The highest BCUT2D eigenvalue weighted by atomic mass is 16.5. The van der Waals surface area contributed by atoms with Crippen LogP contribution in [-0.2, 0) is 14.3 Å². The van der Waals surface area contributed by atoms with Crippen molar-refractivity contribution in [1.29, 1.82) is 0 Å². The van der Waals surface area contributed by atoms with Gasteiger partial charge in [-0.15, -0.1) is 0 Å². The topological polar surface area (TPSA) is 87.1 Å². The van der Waals surface area contributed by atoms with Crippen molar-refractivity contribution >= 4 is 11.9 Å². The first-order chi connectivity index (χ1) is 9.63. The van der Waals surface area contributed by atoms with Gasteiger partial charge in [0.1, 0.15) is 0 Å². The van der Waals surface area contributed by atoms with E-state index >= 15 is 0 Å². The smallest absolute Gasteiger partial charge is 0.307 e. The molecule has 0 aromatic heterocycles. The van der Waals surface area contributed by atoms with Crippen LogP contribution in [0.2, 0.25) is 0 Å². The molecule has 2 aliphatic rings. The molecule has 1 heterocycles. The summed E-state index contributed by atoms with van der Waals surface area (Å²) in [5.41, 5.74) is 0. The number of carbonyl (C=O) groups is 2. The Bertz CT molecular complexity index is 351. The molecule has 0 aromatic rings. The highest BCUT2D eigenvalue weighted by Crippen LogP contribution is 2.34. The molecular weight excluding hydrogens is 262 g/mol. The van der Waals surface area contributed by atoms with Crippen molar-refractivity contribution in [3.05, 3.63) is 0 Å². The number of piperidine rings is 1. The summed E-state index contributed by atoms with van der Waals surface area (Å²) in [6.07, 6.45) is 3.75. The first-order valence-electron chi connectivity index (χ1n) is 7.37. The normalized spacial score (nSPS) is 27.8. The number of hydrogen-bond donors (Lipinski definition) is 2. The summed E-state index contributed by atoms with van der Waals surface area (Å²) in [7, 11) is 0. The Hall–Kier alpha value is -1.14. The molecule has 1 saturated carbocycles. The average molecular weight is 285 g/mol. The standard InChI is InChI=1S/C14H23NO5/c16-8-9-20-10-4-6-15(7-5-10)13(17)11-2-1-3-12(11)14(18)19/h10-12,16H,1-9H2,(H,18,19)/t11-,12+/m1/s1. The molecule has 0 unspecified atom stereocenters. The third kappa shape index (κ3) is 3.49. The van der Waals surface area contributed by atoms with E-state index in [1.165, 1.54) is 0 Å². The molecule has 2 atom stereocenters. The Labute approximate surface area is 118 Å². The molecule has 6 nitrogen and oxygen atoms in total. The molecule has 2 fully saturated rings. The number of ether oxygens (including phenoxy) is 1. The van der Waals surface area contributed by atoms with Gasteiger partial charge >= 0.3 is 5.97 Å². The first kappa shape index (κ1) is 15.3. The quantitative estimate of drug-likeness (QED) is 0.767. The van der Waals surface area contributed by atoms with Crippen LogP contribution in [0.5, 0.6) is 0 Å². The summed E-state index contributed by atoms with van der Waals surface area (Å²) in [5.74, 6) is -1.70. The van der Waals surface area contributed by atoms with Gasteiger partial charge in [-0.1, -0.05) is 6.42 Å². The predicted octanol–water partition coefficient (Wildman–Crippen LogP) is 0.487. The molecule has 1 aliphatic carbocycles. The summed E-state index contributed by atoms with van der Waals surface area (Å²) in [5, 5.41) is 17.9. The van der Waals surface area contributed by atoms with Crippen molar-refractivity contribution in [3.8, 4) is 0 Å². The number of hydrogen-bond acceptors (Lipinski definition) is 4. The Balaban J connectivity index is 1.84. The van der Waals surface area contributed by atoms with E-state index < -0.39 is 11.9 Å². The Morgan fingerprint density at radius 3 is 2.35 bits per heavy atom. The summed E-state index contributed by atoms with van der Waals surface area (Å²) in [6.45, 7) is 1.60. The zero-order valence-corrected chi connectivity index (χ0v) is 11.7. The maximum Gasteiger partial charge on any atom is 0.307 e. The van der Waals surface area contributed by atoms with E-state index in [0.717, 1.165) is 19.3 Å². The van der Waals surface area contributed by atoms with Crippen LogP contribution >= 0.6 is 0 Å². The molecule has 0 bridgehead atoms. The van der Waals surface area contributed by atoms with Gasteiger partial charge in [0.25, 0.3) is 0 Å². The number of amides is 1. The molecule has 2 N–H and O–H groups in total. The third-order valence-corrected chi connectivity index (χ3v) is 4.35. The van der Waals surface area contributed by atoms with Gasteiger partial charge in [-0.05, 0) is 25.7 Å². The molecule has 114 valence electrons. The van der Waals surface area contributed by atoms with E-state index in [0.29, 0.717) is 32.5 Å². The molecule has 1 amide bonds. The zero-order chi connectivity index (χ0) is 14.5. The van der Waals surface area contributed by atoms with Crippen LogP contribution in [0.1, 0.15) is 32.1 Å². The van der Waals surface area contributed by atoms with Crippen LogP contribution in [0.3, 0.4) is 0 Å². The van der Waals surface area contributed by atoms with Gasteiger partial charge in [0, 0.05) is 13.1 Å². The SMILES string of the molecule is O=C(O)[C@H]1CCC[C@H]1C(=O)N1CCC(OCCO)CC1. The fourth-order valence-corrected chi connectivity index (χ4v) is 3.25. The van der Waals surface area contributed by atoms with Gasteiger partial charge in [-0.3, -0.25) is 9.59 Å². The number of carboxylic acid groups (broad SMARTS) is 1. The molecule has 6 heteroatoms. The maximum absolute atomic E-state index is 12.4. The van der Waals surface area contributed by atoms with E-state index in [-0.39, 0.29) is 24.5 Å². The van der Waals surface area contributed by atoms with Crippen LogP contribution < -0.4 is 0 Å². The Morgan fingerprint density at radius 1 is 1.10 bits per heavy atom. The lowest BCUT2D eigenvalue weighted by molar-refractivity contribution is -0.150. The zero-order valence-electron chi connectivity index (χ0n) is 11.7. The van der Waals surface area contributed by atoms with Crippen LogP contribution in [-0.4, -0.2) is 59.4 Å². The third-order valence-electron chi connectivity index (χ3n) is 4.35. The van der Waals surface area contributed by atoms with Crippen molar-refractivity contribution in [3.63, 3.8) is 0 Å². The Morgan fingerprint density at radius 2 is 1.75 bits per heavy atom. The van der Waals surface area contributed by atoms with Crippen molar-refractivity contribution in [1.82, 2.24) is 4.90 Å². The summed E-state index contributed by atoms with van der Waals surface area (Å²) in [6, 6.07) is 0. The lowest BCUT2D eigenvalue weighted by atomic mass is 9.93. The number of aliphatic hydroxyl groups excluding tert-OH is 1. The van der Waals surface area contributed by atoms with E-state index in [1.54, 1.807) is 4.90 Å². The predicted molar refractivity (Wildman–Crippen MR) is 71.1 cm³/mol. The van der Waals surface area contributed by atoms with Crippen LogP contribution in [0.4, 0.5) is 0 Å². The Kier molecular flexibility index (Phi) is 5.37. The lowest BCUT2D eigenvalue weighted by Gasteiger charge is -2.34. The average Bonchev–Trinajstić information content (AvgIpc) is 2.94. The van der Waals surface area contributed by atoms with Crippen LogP contribution in [0.25, 0.3) is 0 Å². The molecule has 1 aliphatic heterocycles. The molecular formula is C14H23NO5. The summed E-state index contributed by atoms with van der Waals surface area (Å²) >= 11 is 0. The number of nitrogens with zero attached hydrogens (tertiary/aromatic N) is 1. The molecule has 2 rings (SSSR count). The fraction of sp³-hybridized carbons (Fsp3) is 0.857. The van der Waals surface area contributed by atoms with E-state index in [2.05, 4.69) is 0 Å². The van der Waals surface area contributed by atoms with Gasteiger partial charge in [-0.2, -0.15) is 0 Å². The monoisotopic (exact) mass is 285 g/mol. The molecule has 0 spiro atoms. The second kappa shape index (κ2) is 7.04. The van der Waals surface area contributed by atoms with Gasteiger partial charge in [0.15, 0.2) is 0 Å². The number of rotatable bonds is 5. The van der Waals surface area contributed by atoms with Crippen molar-refractivity contribution < 1.29 is 24.5 Å². The summed E-state index contributed by atoms with van der Waals surface area (Å²) < 4.78 is 5.46. The second-order valence-corrected chi connectivity index (χ2v) is 5.60. The van der Waals surface area contributed by atoms with Gasteiger partial charge in [0.05, 0.1) is 31.2 Å². The second-order valence-electron chi connectivity index (χ2n) is 5.60. The number of carbonyl (C=O) groups excluding carboxylic acids is 1. The van der Waals surface area contributed by atoms with Crippen LogP contribution in [0, 0.1) is 11.8 Å². The number of aliphatic carboxylic acids is 1. The van der Waals surface area contributed by atoms with Crippen LogP contribution in [0.15, 0.2) is 0 Å². The van der Waals surface area contributed by atoms with Crippen molar-refractivity contribution in [2.24, 2.45) is 11.8 Å². The van der Waals surface area contributed by atoms with Crippen molar-refractivity contribution in [2.75, 3.05) is 26.3 Å². The minimum Gasteiger partial charge on any atom is -0.481 e. The minimum absolute atomic E-state index is 0.00416. The lowest BCUT2D eigenvalue weighted by Crippen LogP contribution is -2.45. The highest BCUT2D eigenvalue weighted by molar-refractivity contribution is 5.85. The largest absolute Gasteiger partial charge is 0.481 e. The van der Waals surface area contributed by atoms with Gasteiger partial charge < -0.3 is 19.8 Å². The van der Waals surface area contributed by atoms with Crippen molar-refractivity contribution in [2.45, 2.75) is 38.2 Å². The van der Waals surface area contributed by atoms with Gasteiger partial charge in [0.2, 0.25) is 5.91 Å². The fourth-order valence-electron chi connectivity index (χ4n) is 3.25. The number of aliphatic hydroxyl groups is 1. The molecule has 0 aromatic carbocycles. The number of carboxylic acids is 1. The maximum atomic E-state index is 12.4. The molecule has 20 heavy (non-hydrogen) atoms. The molecule has 0 radical (unpaired) electrons. The minimum atomic E-state index is -0.845. The van der Waals surface area contributed by atoms with E-state index in [1.807, 2.05) is 0 Å². The molecule has 1 saturated heterocycles. The highest BCUT2D eigenvalue weighted by Gasteiger charge is 2.40. The van der Waals surface area contributed by atoms with Gasteiger partial charge in [-0.25, -0.2) is 0 Å².